The first-order chi connectivity index (χ1) is 9.81. The van der Waals surface area contributed by atoms with E-state index in [1.54, 1.807) is 4.68 Å². The molecule has 1 aromatic rings. The van der Waals surface area contributed by atoms with Crippen LogP contribution in [-0.2, 0) is 23.1 Å². The van der Waals surface area contributed by atoms with Crippen LogP contribution in [0.4, 0.5) is 0 Å². The molecule has 1 aliphatic rings. The van der Waals surface area contributed by atoms with Crippen LogP contribution in [-0.4, -0.2) is 44.3 Å². The number of hydrogen-bond donors (Lipinski definition) is 1. The number of carbonyl (C=O) groups is 2. The number of likely N-dealkylation sites (tertiary alicyclic amines) is 1. The summed E-state index contributed by atoms with van der Waals surface area (Å²) in [5.41, 5.74) is 2.88. The number of aryl methyl sites for hydroxylation is 2. The Bertz CT molecular complexity index is 565. The second-order valence-corrected chi connectivity index (χ2v) is 5.95. The lowest BCUT2D eigenvalue weighted by atomic mass is 9.91. The Morgan fingerprint density at radius 3 is 2.52 bits per heavy atom. The number of hydrogen-bond acceptors (Lipinski definition) is 3. The molecular weight excluding hydrogens is 270 g/mol. The topological polar surface area (TPSA) is 75.4 Å². The number of piperidine rings is 1. The van der Waals surface area contributed by atoms with Crippen LogP contribution in [0.25, 0.3) is 0 Å². The fourth-order valence-electron chi connectivity index (χ4n) is 3.09. The molecule has 0 saturated carbocycles. The van der Waals surface area contributed by atoms with Crippen LogP contribution in [0.1, 0.15) is 36.7 Å². The second-order valence-electron chi connectivity index (χ2n) is 5.95. The summed E-state index contributed by atoms with van der Waals surface area (Å²) < 4.78 is 1.79. The van der Waals surface area contributed by atoms with Gasteiger partial charge in [0.05, 0.1) is 18.0 Å². The average Bonchev–Trinajstić information content (AvgIpc) is 2.65. The molecule has 2 unspecified atom stereocenters. The predicted molar refractivity (Wildman–Crippen MR) is 77.9 cm³/mol. The molecule has 0 aliphatic carbocycles. The molecule has 1 saturated heterocycles. The Balaban J connectivity index is 2.06. The molecule has 1 amide bonds. The third kappa shape index (κ3) is 3.09. The van der Waals surface area contributed by atoms with Crippen molar-refractivity contribution >= 4 is 11.9 Å². The highest BCUT2D eigenvalue weighted by atomic mass is 16.4. The van der Waals surface area contributed by atoms with E-state index in [4.69, 9.17) is 5.11 Å². The van der Waals surface area contributed by atoms with Crippen molar-refractivity contribution in [1.82, 2.24) is 14.7 Å². The van der Waals surface area contributed by atoms with E-state index in [1.165, 1.54) is 0 Å². The van der Waals surface area contributed by atoms with Crippen LogP contribution in [0, 0.1) is 19.8 Å². The van der Waals surface area contributed by atoms with Crippen LogP contribution >= 0.6 is 0 Å². The van der Waals surface area contributed by atoms with E-state index in [1.807, 2.05) is 32.7 Å². The number of aliphatic carboxylic acids is 1. The number of aromatic nitrogens is 2. The van der Waals surface area contributed by atoms with Gasteiger partial charge >= 0.3 is 5.97 Å². The van der Waals surface area contributed by atoms with Crippen molar-refractivity contribution in [3.8, 4) is 0 Å². The Morgan fingerprint density at radius 2 is 2.05 bits per heavy atom. The van der Waals surface area contributed by atoms with E-state index >= 15 is 0 Å². The van der Waals surface area contributed by atoms with Crippen LogP contribution in [0.2, 0.25) is 0 Å². The molecule has 21 heavy (non-hydrogen) atoms. The maximum atomic E-state index is 12.5. The van der Waals surface area contributed by atoms with Crippen molar-refractivity contribution in [1.29, 1.82) is 0 Å². The van der Waals surface area contributed by atoms with Crippen molar-refractivity contribution in [3.63, 3.8) is 0 Å². The van der Waals surface area contributed by atoms with Crippen LogP contribution in [0.15, 0.2) is 0 Å². The number of carbonyl (C=O) groups excluding carboxylic acids is 1. The van der Waals surface area contributed by atoms with Crippen LogP contribution in [0.5, 0.6) is 0 Å². The minimum atomic E-state index is -0.757. The first-order valence-corrected chi connectivity index (χ1v) is 7.32. The summed E-state index contributed by atoms with van der Waals surface area (Å²) in [7, 11) is 1.87. The smallest absolute Gasteiger partial charge is 0.306 e. The second kappa shape index (κ2) is 5.87. The van der Waals surface area contributed by atoms with Gasteiger partial charge in [-0.25, -0.2) is 0 Å². The average molecular weight is 293 g/mol. The normalized spacial score (nSPS) is 22.4. The van der Waals surface area contributed by atoms with Gasteiger partial charge in [-0.05, 0) is 33.6 Å². The number of nitrogens with zero attached hydrogens (tertiary/aromatic N) is 3. The van der Waals surface area contributed by atoms with Gasteiger partial charge in [-0.2, -0.15) is 5.10 Å². The van der Waals surface area contributed by atoms with Crippen molar-refractivity contribution < 1.29 is 14.7 Å². The maximum Gasteiger partial charge on any atom is 0.306 e. The number of amides is 1. The van der Waals surface area contributed by atoms with Crippen LogP contribution in [0.3, 0.4) is 0 Å². The van der Waals surface area contributed by atoms with Gasteiger partial charge in [0.25, 0.3) is 0 Å². The molecule has 2 rings (SSSR count). The number of rotatable bonds is 3. The summed E-state index contributed by atoms with van der Waals surface area (Å²) in [5.74, 6) is -1.02. The molecule has 1 N–H and O–H groups in total. The summed E-state index contributed by atoms with van der Waals surface area (Å²) in [6.07, 6.45) is 1.41. The molecule has 1 fully saturated rings. The molecule has 1 aliphatic heterocycles. The molecule has 0 spiro atoms. The minimum Gasteiger partial charge on any atom is -0.481 e. The summed E-state index contributed by atoms with van der Waals surface area (Å²) in [6.45, 7) is 6.32. The summed E-state index contributed by atoms with van der Waals surface area (Å²) in [6, 6.07) is -0.0235. The molecule has 0 bridgehead atoms. The van der Waals surface area contributed by atoms with E-state index in [9.17, 15) is 9.59 Å². The van der Waals surface area contributed by atoms with E-state index in [0.29, 0.717) is 25.8 Å². The van der Waals surface area contributed by atoms with Crippen molar-refractivity contribution in [2.45, 2.75) is 46.1 Å². The highest BCUT2D eigenvalue weighted by Gasteiger charge is 2.32. The molecule has 1 aromatic heterocycles. The van der Waals surface area contributed by atoms with E-state index in [-0.39, 0.29) is 17.9 Å². The van der Waals surface area contributed by atoms with Gasteiger partial charge < -0.3 is 10.0 Å². The zero-order valence-corrected chi connectivity index (χ0v) is 13.1. The zero-order chi connectivity index (χ0) is 15.7. The molecular formula is C15H23N3O3. The lowest BCUT2D eigenvalue weighted by Gasteiger charge is -2.36. The first kappa shape index (κ1) is 15.5. The molecule has 6 heteroatoms. The molecule has 6 nitrogen and oxygen atoms in total. The van der Waals surface area contributed by atoms with E-state index in [2.05, 4.69) is 5.10 Å². The fraction of sp³-hybridized carbons (Fsp3) is 0.667. The van der Waals surface area contributed by atoms with Gasteiger partial charge in [0, 0.05) is 30.9 Å². The minimum absolute atomic E-state index is 0.0235. The highest BCUT2D eigenvalue weighted by Crippen LogP contribution is 2.24. The Morgan fingerprint density at radius 1 is 1.38 bits per heavy atom. The van der Waals surface area contributed by atoms with Gasteiger partial charge in [0.2, 0.25) is 5.91 Å². The number of carboxylic acid groups (broad SMARTS) is 1. The van der Waals surface area contributed by atoms with Gasteiger partial charge in [-0.15, -0.1) is 0 Å². The standard InChI is InChI=1S/C15H23N3O3/c1-9-7-12(15(20)21)5-6-18(9)14(19)8-13-10(2)16-17(4)11(13)3/h9,12H,5-8H2,1-4H3,(H,20,21). The predicted octanol–water partition coefficient (Wildman–Crippen LogP) is 1.29. The number of carboxylic acids is 1. The molecule has 0 radical (unpaired) electrons. The van der Waals surface area contributed by atoms with E-state index in [0.717, 1.165) is 17.0 Å². The molecule has 116 valence electrons. The van der Waals surface area contributed by atoms with Gasteiger partial charge in [0.15, 0.2) is 0 Å². The van der Waals surface area contributed by atoms with Crippen molar-refractivity contribution in [2.24, 2.45) is 13.0 Å². The Hall–Kier alpha value is -1.85. The molecule has 0 aromatic carbocycles. The quantitative estimate of drug-likeness (QED) is 0.911. The van der Waals surface area contributed by atoms with Crippen LogP contribution < -0.4 is 0 Å². The lowest BCUT2D eigenvalue weighted by molar-refractivity contribution is -0.147. The van der Waals surface area contributed by atoms with Gasteiger partial charge in [0.1, 0.15) is 0 Å². The highest BCUT2D eigenvalue weighted by molar-refractivity contribution is 5.80. The van der Waals surface area contributed by atoms with Crippen molar-refractivity contribution in [3.05, 3.63) is 17.0 Å². The third-order valence-electron chi connectivity index (χ3n) is 4.53. The monoisotopic (exact) mass is 293 g/mol. The van der Waals surface area contributed by atoms with Gasteiger partial charge in [-0.1, -0.05) is 0 Å². The van der Waals surface area contributed by atoms with Gasteiger partial charge in [-0.3, -0.25) is 14.3 Å². The zero-order valence-electron chi connectivity index (χ0n) is 13.1. The van der Waals surface area contributed by atoms with E-state index < -0.39 is 5.97 Å². The molecule has 2 atom stereocenters. The summed E-state index contributed by atoms with van der Waals surface area (Å²) in [4.78, 5) is 25.4. The summed E-state index contributed by atoms with van der Waals surface area (Å²) in [5, 5.41) is 13.4. The molecule has 2 heterocycles. The fourth-order valence-corrected chi connectivity index (χ4v) is 3.09. The summed E-state index contributed by atoms with van der Waals surface area (Å²) >= 11 is 0. The Kier molecular flexibility index (Phi) is 4.34. The SMILES string of the molecule is Cc1nn(C)c(C)c1CC(=O)N1CCC(C(=O)O)CC1C. The maximum absolute atomic E-state index is 12.5. The lowest BCUT2D eigenvalue weighted by Crippen LogP contribution is -2.46. The third-order valence-corrected chi connectivity index (χ3v) is 4.53. The first-order valence-electron chi connectivity index (χ1n) is 7.32. The van der Waals surface area contributed by atoms with Crippen molar-refractivity contribution in [2.75, 3.05) is 6.54 Å². The Labute approximate surface area is 124 Å². The largest absolute Gasteiger partial charge is 0.481 e.